The van der Waals surface area contributed by atoms with Gasteiger partial charge in [0.1, 0.15) is 12.7 Å². The quantitative estimate of drug-likeness (QED) is 0.0197. The molecule has 12 heteroatoms. The van der Waals surface area contributed by atoms with Crippen LogP contribution in [-0.2, 0) is 42.2 Å². The van der Waals surface area contributed by atoms with Gasteiger partial charge in [-0.15, -0.1) is 0 Å². The van der Waals surface area contributed by atoms with E-state index in [9.17, 15) is 28.9 Å². The normalized spacial score (nSPS) is 13.7. The lowest BCUT2D eigenvalue weighted by atomic mass is 10.1. The van der Waals surface area contributed by atoms with Crippen LogP contribution in [0.4, 0.5) is 0 Å². The number of hydrogen-bond donors (Lipinski definition) is 2. The van der Waals surface area contributed by atoms with Crippen molar-refractivity contribution in [1.82, 2.24) is 0 Å². The van der Waals surface area contributed by atoms with Gasteiger partial charge in [0.05, 0.1) is 19.8 Å². The van der Waals surface area contributed by atoms with Gasteiger partial charge in [0, 0.05) is 19.3 Å². The van der Waals surface area contributed by atoms with E-state index in [4.69, 9.17) is 23.3 Å². The molecule has 0 rings (SSSR count). The number of aliphatic hydroxyl groups excluding tert-OH is 1. The van der Waals surface area contributed by atoms with Crippen molar-refractivity contribution in [1.29, 1.82) is 0 Å². The minimum atomic E-state index is -4.77. The number of rotatable bonds is 64. The Morgan fingerprint density at radius 1 is 0.345 bits per heavy atom. The number of carbonyl (C=O) groups excluding carboxylic acids is 3. The molecule has 0 aliphatic carbocycles. The fourth-order valence-corrected chi connectivity index (χ4v) is 10.3. The number of ether oxygens (including phenoxy) is 3. The highest BCUT2D eigenvalue weighted by Crippen LogP contribution is 2.43. The third-order valence-electron chi connectivity index (χ3n) is 14.8. The molecule has 0 spiro atoms. The molecule has 0 bridgehead atoms. The Morgan fingerprint density at radius 3 is 0.988 bits per heavy atom. The van der Waals surface area contributed by atoms with Crippen LogP contribution >= 0.6 is 7.82 Å². The minimum absolute atomic E-state index is 0.149. The number of unbranched alkanes of at least 4 members (excludes halogenated alkanes) is 33. The van der Waals surface area contributed by atoms with Crippen LogP contribution in [0.25, 0.3) is 0 Å². The van der Waals surface area contributed by atoms with Crippen LogP contribution in [0.1, 0.15) is 316 Å². The molecule has 486 valence electrons. The van der Waals surface area contributed by atoms with Gasteiger partial charge in [-0.05, 0) is 116 Å². The molecule has 3 unspecified atom stereocenters. The van der Waals surface area contributed by atoms with E-state index in [0.717, 1.165) is 116 Å². The van der Waals surface area contributed by atoms with E-state index >= 15 is 0 Å². The van der Waals surface area contributed by atoms with Gasteiger partial charge < -0.3 is 24.2 Å². The maximum Gasteiger partial charge on any atom is 0.472 e. The first kappa shape index (κ1) is 80.7. The number of phosphoric ester groups is 1. The Balaban J connectivity index is 4.70. The van der Waals surface area contributed by atoms with Crippen molar-refractivity contribution < 1.29 is 52.2 Å². The molecule has 11 nitrogen and oxygen atoms in total. The molecule has 0 aliphatic rings. The largest absolute Gasteiger partial charge is 0.472 e. The molecule has 0 fully saturated rings. The minimum Gasteiger partial charge on any atom is -0.462 e. The molecule has 0 amide bonds. The van der Waals surface area contributed by atoms with Gasteiger partial charge in [-0.3, -0.25) is 23.4 Å². The van der Waals surface area contributed by atoms with Gasteiger partial charge >= 0.3 is 25.7 Å². The fourth-order valence-electron chi connectivity index (χ4n) is 9.55. The Labute approximate surface area is 515 Å². The van der Waals surface area contributed by atoms with Crippen LogP contribution in [-0.4, -0.2) is 66.5 Å². The molecule has 0 aromatic rings. The third-order valence-corrected chi connectivity index (χ3v) is 15.7. The van der Waals surface area contributed by atoms with Gasteiger partial charge in [-0.25, -0.2) is 4.57 Å². The zero-order valence-electron chi connectivity index (χ0n) is 54.1. The lowest BCUT2D eigenvalue weighted by Gasteiger charge is -2.21. The maximum atomic E-state index is 13.0. The average molecular weight is 1200 g/mol. The van der Waals surface area contributed by atoms with Crippen LogP contribution in [0.2, 0.25) is 0 Å². The molecule has 0 aromatic heterocycles. The molecule has 0 heterocycles. The molecule has 84 heavy (non-hydrogen) atoms. The van der Waals surface area contributed by atoms with Crippen molar-refractivity contribution in [3.8, 4) is 0 Å². The summed E-state index contributed by atoms with van der Waals surface area (Å²) < 4.78 is 39.8. The molecule has 0 aliphatic heterocycles. The zero-order valence-corrected chi connectivity index (χ0v) is 55.0. The highest BCUT2D eigenvalue weighted by Gasteiger charge is 2.28. The summed E-state index contributed by atoms with van der Waals surface area (Å²) in [6.45, 7) is 4.54. The summed E-state index contributed by atoms with van der Waals surface area (Å²) in [4.78, 5) is 48.9. The predicted molar refractivity (Wildman–Crippen MR) is 353 cm³/mol. The zero-order chi connectivity index (χ0) is 61.2. The summed E-state index contributed by atoms with van der Waals surface area (Å²) >= 11 is 0. The molecule has 0 saturated carbocycles. The van der Waals surface area contributed by atoms with E-state index < -0.39 is 57.8 Å². The van der Waals surface area contributed by atoms with Crippen molar-refractivity contribution in [3.63, 3.8) is 0 Å². The second-order valence-electron chi connectivity index (χ2n) is 23.0. The van der Waals surface area contributed by atoms with Gasteiger partial charge in [0.25, 0.3) is 0 Å². The lowest BCUT2D eigenvalue weighted by Crippen LogP contribution is -2.30. The number of aliphatic hydroxyl groups is 1. The third kappa shape index (κ3) is 63.2. The van der Waals surface area contributed by atoms with Crippen LogP contribution in [0, 0.1) is 0 Å². The van der Waals surface area contributed by atoms with Gasteiger partial charge in [-0.1, -0.05) is 266 Å². The van der Waals surface area contributed by atoms with Gasteiger partial charge in [0.15, 0.2) is 6.10 Å². The topological polar surface area (TPSA) is 155 Å². The number of allylic oxidation sites excluding steroid dienone is 14. The fraction of sp³-hybridized carbons (Fsp3) is 0.764. The van der Waals surface area contributed by atoms with Crippen molar-refractivity contribution in [2.75, 3.05) is 26.4 Å². The Morgan fingerprint density at radius 2 is 0.619 bits per heavy atom. The summed E-state index contributed by atoms with van der Waals surface area (Å²) in [5.74, 6) is -1.48. The van der Waals surface area contributed by atoms with Crippen molar-refractivity contribution >= 4 is 25.7 Å². The van der Waals surface area contributed by atoms with E-state index in [-0.39, 0.29) is 25.9 Å². The molecular weight excluding hydrogens is 1070 g/mol. The molecule has 0 aromatic carbocycles. The van der Waals surface area contributed by atoms with E-state index in [0.29, 0.717) is 19.3 Å². The highest BCUT2D eigenvalue weighted by molar-refractivity contribution is 7.47. The van der Waals surface area contributed by atoms with Crippen LogP contribution in [0.15, 0.2) is 85.1 Å². The van der Waals surface area contributed by atoms with Crippen molar-refractivity contribution in [2.45, 2.75) is 328 Å². The first-order chi connectivity index (χ1) is 41.2. The smallest absolute Gasteiger partial charge is 0.462 e. The molecule has 0 saturated heterocycles. The molecular formula is C72H127O11P. The van der Waals surface area contributed by atoms with E-state index in [1.807, 2.05) is 0 Å². The van der Waals surface area contributed by atoms with Crippen molar-refractivity contribution in [3.05, 3.63) is 85.1 Å². The Kier molecular flexibility index (Phi) is 63.0. The Bertz CT molecular complexity index is 1730. The number of esters is 3. The monoisotopic (exact) mass is 1200 g/mol. The SMILES string of the molecule is CC/C=C\C/C=C\C/C=C\C/C=C\CCCCCCCCC(=O)OC(COC(=O)CCCCCCCCCCC/C=C\C/C=C\CCCCC)COP(=O)(O)OCC(CO)OC(=O)CCCCCCCCCCC/C=C\CCCCCCCC. The van der Waals surface area contributed by atoms with Crippen molar-refractivity contribution in [2.24, 2.45) is 0 Å². The lowest BCUT2D eigenvalue weighted by molar-refractivity contribution is -0.161. The molecule has 0 radical (unpaired) electrons. The average Bonchev–Trinajstić information content (AvgIpc) is 3.53. The first-order valence-corrected chi connectivity index (χ1v) is 36.0. The summed E-state index contributed by atoms with van der Waals surface area (Å²) in [5, 5.41) is 9.88. The highest BCUT2D eigenvalue weighted by atomic mass is 31.2. The number of phosphoric acid groups is 1. The summed E-state index contributed by atoms with van der Waals surface area (Å²) in [5.41, 5.74) is 0. The van der Waals surface area contributed by atoms with Crippen LogP contribution < -0.4 is 0 Å². The number of carbonyl (C=O) groups is 3. The predicted octanol–water partition coefficient (Wildman–Crippen LogP) is 21.4. The second-order valence-corrected chi connectivity index (χ2v) is 24.4. The summed E-state index contributed by atoms with van der Waals surface area (Å²) in [6, 6.07) is 0. The second kappa shape index (κ2) is 65.6. The first-order valence-electron chi connectivity index (χ1n) is 34.5. The molecule has 2 N–H and O–H groups in total. The number of hydrogen-bond acceptors (Lipinski definition) is 10. The standard InChI is InChI=1S/C72H127O11P/c1-4-7-10-13-16-19-22-25-28-31-34-37-40-43-46-49-52-55-58-61-70(74)79-65-69(83-72(76)63-60-57-54-51-48-45-42-39-36-33-30-27-24-21-18-15-12-9-6-3)67-81-84(77,78)80-66-68(64-73)82-71(75)62-59-56-53-50-47-44-41-38-35-32-29-26-23-20-17-14-11-8-5-2/h9,12,16,18-19,21,25-30,36,39,68-69,73H,4-8,10-11,13-15,17,20,22-24,31-35,37-38,40-67H2,1-3H3,(H,77,78)/b12-9-,19-16-,21-18-,28-25-,29-26-,30-27-,39-36-. The van der Waals surface area contributed by atoms with Crippen LogP contribution in [0.3, 0.4) is 0 Å². The Hall–Kier alpha value is -3.34. The van der Waals surface area contributed by atoms with Gasteiger partial charge in [0.2, 0.25) is 0 Å². The van der Waals surface area contributed by atoms with E-state index in [1.165, 1.54) is 141 Å². The van der Waals surface area contributed by atoms with E-state index in [1.54, 1.807) is 0 Å². The van der Waals surface area contributed by atoms with Gasteiger partial charge in [-0.2, -0.15) is 0 Å². The van der Waals surface area contributed by atoms with E-state index in [2.05, 4.69) is 106 Å². The van der Waals surface area contributed by atoms with Crippen LogP contribution in [0.5, 0.6) is 0 Å². The summed E-state index contributed by atoms with van der Waals surface area (Å²) in [6.07, 6.45) is 78.1. The summed E-state index contributed by atoms with van der Waals surface area (Å²) in [7, 11) is -4.77. The maximum absolute atomic E-state index is 13.0. The molecule has 3 atom stereocenters.